The molecule has 3 rings (SSSR count). The molecule has 21 heavy (non-hydrogen) atoms. The number of carbonyl (C=O) groups excluding carboxylic acids is 1. The summed E-state index contributed by atoms with van der Waals surface area (Å²) in [6.45, 7) is 0.924. The zero-order valence-electron chi connectivity index (χ0n) is 11.4. The topological polar surface area (TPSA) is 83.0 Å². The van der Waals surface area contributed by atoms with Crippen molar-refractivity contribution < 1.29 is 9.53 Å². The van der Waals surface area contributed by atoms with Gasteiger partial charge in [-0.1, -0.05) is 17.8 Å². The zero-order chi connectivity index (χ0) is 14.7. The SMILES string of the molecule is NC(=O)Cn1c(SC[C@@H]2CCCO2)nnc1-c1cccs1. The number of ether oxygens (including phenoxy) is 1. The van der Waals surface area contributed by atoms with Crippen LogP contribution in [-0.2, 0) is 16.1 Å². The van der Waals surface area contributed by atoms with Gasteiger partial charge in [0.05, 0.1) is 11.0 Å². The molecule has 0 bridgehead atoms. The van der Waals surface area contributed by atoms with Crippen LogP contribution in [0.5, 0.6) is 0 Å². The van der Waals surface area contributed by atoms with Crippen LogP contribution in [0.2, 0.25) is 0 Å². The minimum absolute atomic E-state index is 0.0914. The Hall–Kier alpha value is -1.38. The molecule has 1 aliphatic rings. The van der Waals surface area contributed by atoms with Gasteiger partial charge in [-0.15, -0.1) is 21.5 Å². The summed E-state index contributed by atoms with van der Waals surface area (Å²) in [7, 11) is 0. The fourth-order valence-corrected chi connectivity index (χ4v) is 3.95. The molecule has 0 aliphatic carbocycles. The van der Waals surface area contributed by atoms with Crippen LogP contribution in [0.1, 0.15) is 12.8 Å². The molecule has 0 radical (unpaired) electrons. The molecular weight excluding hydrogens is 308 g/mol. The van der Waals surface area contributed by atoms with Crippen molar-refractivity contribution in [3.8, 4) is 10.7 Å². The van der Waals surface area contributed by atoms with Crippen molar-refractivity contribution >= 4 is 29.0 Å². The second kappa shape index (κ2) is 6.59. The highest BCUT2D eigenvalue weighted by Crippen LogP contribution is 2.28. The number of rotatable bonds is 6. The minimum atomic E-state index is -0.397. The Balaban J connectivity index is 1.80. The molecule has 2 N–H and O–H groups in total. The number of hydrogen-bond donors (Lipinski definition) is 1. The maximum atomic E-state index is 11.3. The third-order valence-electron chi connectivity index (χ3n) is 3.19. The molecule has 1 amide bonds. The number of thiophene rings is 1. The van der Waals surface area contributed by atoms with Crippen LogP contribution in [0.3, 0.4) is 0 Å². The van der Waals surface area contributed by atoms with E-state index in [1.807, 2.05) is 17.5 Å². The molecule has 0 aromatic carbocycles. The first-order valence-electron chi connectivity index (χ1n) is 6.74. The summed E-state index contributed by atoms with van der Waals surface area (Å²) in [4.78, 5) is 12.3. The van der Waals surface area contributed by atoms with Crippen LogP contribution in [0.15, 0.2) is 22.7 Å². The van der Waals surface area contributed by atoms with E-state index in [9.17, 15) is 4.79 Å². The van der Waals surface area contributed by atoms with Gasteiger partial charge in [0.1, 0.15) is 6.54 Å². The summed E-state index contributed by atoms with van der Waals surface area (Å²) in [5, 5.41) is 11.1. The van der Waals surface area contributed by atoms with E-state index in [0.29, 0.717) is 11.0 Å². The van der Waals surface area contributed by atoms with E-state index in [2.05, 4.69) is 10.2 Å². The van der Waals surface area contributed by atoms with Gasteiger partial charge in [-0.2, -0.15) is 0 Å². The first kappa shape index (κ1) is 14.6. The van der Waals surface area contributed by atoms with Gasteiger partial charge in [0, 0.05) is 12.4 Å². The molecule has 0 saturated carbocycles. The van der Waals surface area contributed by atoms with Crippen LogP contribution < -0.4 is 5.73 Å². The lowest BCUT2D eigenvalue weighted by Gasteiger charge is -2.10. The Labute approximate surface area is 130 Å². The summed E-state index contributed by atoms with van der Waals surface area (Å²) in [6, 6.07) is 3.91. The van der Waals surface area contributed by atoms with E-state index in [1.54, 1.807) is 27.7 Å². The van der Waals surface area contributed by atoms with Crippen LogP contribution in [0, 0.1) is 0 Å². The van der Waals surface area contributed by atoms with Crippen molar-refractivity contribution in [2.24, 2.45) is 5.73 Å². The Morgan fingerprint density at radius 2 is 2.48 bits per heavy atom. The van der Waals surface area contributed by atoms with E-state index in [0.717, 1.165) is 30.1 Å². The van der Waals surface area contributed by atoms with E-state index >= 15 is 0 Å². The van der Waals surface area contributed by atoms with Crippen molar-refractivity contribution in [3.05, 3.63) is 17.5 Å². The molecule has 2 aromatic heterocycles. The Kier molecular flexibility index (Phi) is 4.57. The predicted molar refractivity (Wildman–Crippen MR) is 82.2 cm³/mol. The van der Waals surface area contributed by atoms with Crippen LogP contribution in [0.25, 0.3) is 10.7 Å². The summed E-state index contributed by atoms with van der Waals surface area (Å²) >= 11 is 3.13. The van der Waals surface area contributed by atoms with Gasteiger partial charge >= 0.3 is 0 Å². The van der Waals surface area contributed by atoms with E-state index in [4.69, 9.17) is 10.5 Å². The number of nitrogens with zero attached hydrogens (tertiary/aromatic N) is 3. The Bertz CT molecular complexity index is 606. The molecular formula is C13H16N4O2S2. The van der Waals surface area contributed by atoms with Gasteiger partial charge < -0.3 is 10.5 Å². The number of hydrogen-bond acceptors (Lipinski definition) is 6. The maximum absolute atomic E-state index is 11.3. The fourth-order valence-electron chi connectivity index (χ4n) is 2.23. The smallest absolute Gasteiger partial charge is 0.237 e. The van der Waals surface area contributed by atoms with Crippen LogP contribution >= 0.6 is 23.1 Å². The summed E-state index contributed by atoms with van der Waals surface area (Å²) in [5.74, 6) is 1.12. The van der Waals surface area contributed by atoms with Gasteiger partial charge in [-0.25, -0.2) is 0 Å². The van der Waals surface area contributed by atoms with Crippen molar-refractivity contribution in [2.45, 2.75) is 30.6 Å². The van der Waals surface area contributed by atoms with Gasteiger partial charge in [0.2, 0.25) is 5.91 Å². The number of nitrogens with two attached hydrogens (primary N) is 1. The molecule has 8 heteroatoms. The highest BCUT2D eigenvalue weighted by molar-refractivity contribution is 7.99. The second-order valence-corrected chi connectivity index (χ2v) is 6.72. The second-order valence-electron chi connectivity index (χ2n) is 4.78. The predicted octanol–water partition coefficient (Wildman–Crippen LogP) is 1.76. The summed E-state index contributed by atoms with van der Waals surface area (Å²) < 4.78 is 7.39. The molecule has 1 aliphatic heterocycles. The minimum Gasteiger partial charge on any atom is -0.377 e. The number of amides is 1. The molecule has 0 spiro atoms. The van der Waals surface area contributed by atoms with Gasteiger partial charge in [0.25, 0.3) is 0 Å². The quantitative estimate of drug-likeness (QED) is 0.819. The van der Waals surface area contributed by atoms with Gasteiger partial charge in [-0.05, 0) is 24.3 Å². The van der Waals surface area contributed by atoms with Crippen molar-refractivity contribution in [3.63, 3.8) is 0 Å². The van der Waals surface area contributed by atoms with Crippen molar-refractivity contribution in [2.75, 3.05) is 12.4 Å². The zero-order valence-corrected chi connectivity index (χ0v) is 13.0. The third-order valence-corrected chi connectivity index (χ3v) is 5.16. The highest BCUT2D eigenvalue weighted by Gasteiger charge is 2.20. The lowest BCUT2D eigenvalue weighted by atomic mass is 10.3. The molecule has 3 heterocycles. The lowest BCUT2D eigenvalue weighted by Crippen LogP contribution is -2.20. The first-order valence-corrected chi connectivity index (χ1v) is 8.60. The average Bonchev–Trinajstić information content (AvgIpc) is 3.18. The van der Waals surface area contributed by atoms with Crippen molar-refractivity contribution in [1.82, 2.24) is 14.8 Å². The average molecular weight is 324 g/mol. The largest absolute Gasteiger partial charge is 0.377 e. The monoisotopic (exact) mass is 324 g/mol. The maximum Gasteiger partial charge on any atom is 0.237 e. The molecule has 112 valence electrons. The first-order chi connectivity index (χ1) is 10.2. The number of aromatic nitrogens is 3. The summed E-state index contributed by atoms with van der Waals surface area (Å²) in [6.07, 6.45) is 2.45. The fraction of sp³-hybridized carbons (Fsp3) is 0.462. The number of carbonyl (C=O) groups is 1. The highest BCUT2D eigenvalue weighted by atomic mass is 32.2. The molecule has 0 unspecified atom stereocenters. The summed E-state index contributed by atoms with van der Waals surface area (Å²) in [5.41, 5.74) is 5.35. The Morgan fingerprint density at radius 1 is 1.57 bits per heavy atom. The standard InChI is InChI=1S/C13H16N4O2S2/c14-11(18)7-17-12(10-4-2-6-20-10)15-16-13(17)21-8-9-3-1-5-19-9/h2,4,6,9H,1,3,5,7-8H2,(H2,14,18)/t9-/m0/s1. The van der Waals surface area contributed by atoms with E-state index in [-0.39, 0.29) is 12.6 Å². The van der Waals surface area contributed by atoms with Gasteiger partial charge in [0.15, 0.2) is 11.0 Å². The lowest BCUT2D eigenvalue weighted by molar-refractivity contribution is -0.118. The molecule has 6 nitrogen and oxygen atoms in total. The van der Waals surface area contributed by atoms with E-state index < -0.39 is 5.91 Å². The number of thioether (sulfide) groups is 1. The molecule has 1 fully saturated rings. The molecule has 1 saturated heterocycles. The number of primary amides is 1. The molecule has 1 atom stereocenters. The van der Waals surface area contributed by atoms with Crippen LogP contribution in [-0.4, -0.2) is 39.1 Å². The van der Waals surface area contributed by atoms with E-state index in [1.165, 1.54) is 0 Å². The van der Waals surface area contributed by atoms with Crippen molar-refractivity contribution in [1.29, 1.82) is 0 Å². The normalized spacial score (nSPS) is 18.2. The van der Waals surface area contributed by atoms with Gasteiger partial charge in [-0.3, -0.25) is 9.36 Å². The third kappa shape index (κ3) is 3.45. The Morgan fingerprint density at radius 3 is 3.14 bits per heavy atom. The van der Waals surface area contributed by atoms with Crippen LogP contribution in [0.4, 0.5) is 0 Å². The molecule has 2 aromatic rings.